The SMILES string of the molecule is O=C(Nc1ccc(F)c(Cl)c1)Nc1cc(S(=O)(=O)NCC2CC2)ccc1C1=CCOCC1. The number of rotatable bonds is 7. The lowest BCUT2D eigenvalue weighted by atomic mass is 10.00. The van der Waals surface area contributed by atoms with Crippen LogP contribution in [0.25, 0.3) is 5.57 Å². The standard InChI is InChI=1S/C22H23ClFN3O4S/c23-19-11-16(3-6-20(19)24)26-22(28)27-21-12-17(32(29,30)25-13-14-1-2-14)4-5-18(21)15-7-9-31-10-8-15/h3-7,11-12,14,25H,1-2,8-10,13H2,(H2,26,27,28). The van der Waals surface area contributed by atoms with E-state index >= 15 is 0 Å². The van der Waals surface area contributed by atoms with Gasteiger partial charge in [0.1, 0.15) is 5.82 Å². The topological polar surface area (TPSA) is 96.5 Å². The molecule has 170 valence electrons. The van der Waals surface area contributed by atoms with Crippen LogP contribution in [0.1, 0.15) is 24.8 Å². The number of hydrogen-bond acceptors (Lipinski definition) is 4. The summed E-state index contributed by atoms with van der Waals surface area (Å²) in [6, 6.07) is 7.87. The summed E-state index contributed by atoms with van der Waals surface area (Å²) in [4.78, 5) is 12.7. The van der Waals surface area contributed by atoms with Gasteiger partial charge >= 0.3 is 6.03 Å². The van der Waals surface area contributed by atoms with Gasteiger partial charge in [0.05, 0.1) is 28.8 Å². The number of urea groups is 1. The van der Waals surface area contributed by atoms with Gasteiger partial charge in [-0.25, -0.2) is 22.3 Å². The predicted molar refractivity (Wildman–Crippen MR) is 122 cm³/mol. The number of sulfonamides is 1. The summed E-state index contributed by atoms with van der Waals surface area (Å²) >= 11 is 5.77. The molecular formula is C22H23ClFN3O4S. The van der Waals surface area contributed by atoms with E-state index in [2.05, 4.69) is 15.4 Å². The van der Waals surface area contributed by atoms with Gasteiger partial charge in [0.25, 0.3) is 0 Å². The smallest absolute Gasteiger partial charge is 0.323 e. The summed E-state index contributed by atoms with van der Waals surface area (Å²) < 4.78 is 46.8. The van der Waals surface area contributed by atoms with Gasteiger partial charge in [0, 0.05) is 17.8 Å². The van der Waals surface area contributed by atoms with E-state index < -0.39 is 21.9 Å². The first-order chi connectivity index (χ1) is 15.3. The molecule has 1 heterocycles. The normalized spacial score (nSPS) is 16.4. The molecule has 2 aromatic rings. The molecule has 10 heteroatoms. The molecule has 2 aliphatic rings. The number of nitrogens with one attached hydrogen (secondary N) is 3. The second-order valence-corrected chi connectivity index (χ2v) is 9.94. The largest absolute Gasteiger partial charge is 0.377 e. The van der Waals surface area contributed by atoms with Crippen molar-refractivity contribution in [3.8, 4) is 0 Å². The van der Waals surface area contributed by atoms with Crippen LogP contribution in [0.3, 0.4) is 0 Å². The monoisotopic (exact) mass is 479 g/mol. The van der Waals surface area contributed by atoms with Crippen molar-refractivity contribution in [2.24, 2.45) is 5.92 Å². The lowest BCUT2D eigenvalue weighted by Crippen LogP contribution is -2.26. The van der Waals surface area contributed by atoms with Crippen molar-refractivity contribution in [3.63, 3.8) is 0 Å². The number of ether oxygens (including phenoxy) is 1. The Balaban J connectivity index is 1.59. The number of halogens is 2. The molecule has 1 aliphatic carbocycles. The Morgan fingerprint density at radius 2 is 1.97 bits per heavy atom. The average molecular weight is 480 g/mol. The number of amides is 2. The fraction of sp³-hybridized carbons (Fsp3) is 0.318. The molecular weight excluding hydrogens is 457 g/mol. The van der Waals surface area contributed by atoms with Crippen LogP contribution in [0.4, 0.5) is 20.6 Å². The third kappa shape index (κ3) is 5.66. The summed E-state index contributed by atoms with van der Waals surface area (Å²) in [7, 11) is -3.72. The minimum Gasteiger partial charge on any atom is -0.377 e. The van der Waals surface area contributed by atoms with Gasteiger partial charge in [-0.15, -0.1) is 0 Å². The van der Waals surface area contributed by atoms with Crippen LogP contribution in [0.5, 0.6) is 0 Å². The van der Waals surface area contributed by atoms with Crippen molar-refractivity contribution < 1.29 is 22.3 Å². The molecule has 1 aliphatic heterocycles. The minimum absolute atomic E-state index is 0.0645. The maximum absolute atomic E-state index is 13.4. The number of hydrogen-bond donors (Lipinski definition) is 3. The fourth-order valence-corrected chi connectivity index (χ4v) is 4.66. The maximum atomic E-state index is 13.4. The Hall–Kier alpha value is -2.46. The number of benzene rings is 2. The van der Waals surface area contributed by atoms with Crippen LogP contribution in [-0.2, 0) is 14.8 Å². The summed E-state index contributed by atoms with van der Waals surface area (Å²) in [5, 5.41) is 5.18. The molecule has 0 radical (unpaired) electrons. The van der Waals surface area contributed by atoms with Crippen molar-refractivity contribution in [1.29, 1.82) is 0 Å². The summed E-state index contributed by atoms with van der Waals surface area (Å²) in [5.41, 5.74) is 2.31. The van der Waals surface area contributed by atoms with Crippen LogP contribution < -0.4 is 15.4 Å². The van der Waals surface area contributed by atoms with Gasteiger partial charge in [-0.05, 0) is 61.1 Å². The first-order valence-electron chi connectivity index (χ1n) is 10.3. The molecule has 3 N–H and O–H groups in total. The maximum Gasteiger partial charge on any atom is 0.323 e. The molecule has 0 unspecified atom stereocenters. The van der Waals surface area contributed by atoms with E-state index in [1.165, 1.54) is 24.3 Å². The molecule has 0 bridgehead atoms. The molecule has 7 nitrogen and oxygen atoms in total. The Morgan fingerprint density at radius 3 is 2.66 bits per heavy atom. The van der Waals surface area contributed by atoms with Gasteiger partial charge in [0.15, 0.2) is 0 Å². The van der Waals surface area contributed by atoms with Gasteiger partial charge in [-0.2, -0.15) is 0 Å². The van der Waals surface area contributed by atoms with Crippen LogP contribution in [0, 0.1) is 11.7 Å². The fourth-order valence-electron chi connectivity index (χ4n) is 3.34. The van der Waals surface area contributed by atoms with Crippen molar-refractivity contribution in [3.05, 3.63) is 58.9 Å². The molecule has 4 rings (SSSR count). The number of carbonyl (C=O) groups is 1. The zero-order valence-electron chi connectivity index (χ0n) is 17.2. The molecule has 0 aromatic heterocycles. The van der Waals surface area contributed by atoms with Gasteiger partial charge in [0.2, 0.25) is 10.0 Å². The zero-order chi connectivity index (χ0) is 22.7. The average Bonchev–Trinajstić information content (AvgIpc) is 3.60. The highest BCUT2D eigenvalue weighted by molar-refractivity contribution is 7.89. The highest BCUT2D eigenvalue weighted by atomic mass is 35.5. The van der Waals surface area contributed by atoms with Crippen molar-refractivity contribution in [2.45, 2.75) is 24.2 Å². The number of anilines is 2. The first kappa shape index (κ1) is 22.7. The van der Waals surface area contributed by atoms with Crippen molar-refractivity contribution in [1.82, 2.24) is 4.72 Å². The molecule has 2 amide bonds. The molecule has 0 atom stereocenters. The van der Waals surface area contributed by atoms with E-state index in [0.29, 0.717) is 49.0 Å². The van der Waals surface area contributed by atoms with Crippen LogP contribution in [0.2, 0.25) is 5.02 Å². The highest BCUT2D eigenvalue weighted by Crippen LogP contribution is 2.32. The molecule has 0 saturated heterocycles. The van der Waals surface area contributed by atoms with Gasteiger partial charge in [-0.3, -0.25) is 0 Å². The second kappa shape index (κ2) is 9.58. The predicted octanol–water partition coefficient (Wildman–Crippen LogP) is 4.62. The quantitative estimate of drug-likeness (QED) is 0.540. The molecule has 1 saturated carbocycles. The lowest BCUT2D eigenvalue weighted by molar-refractivity contribution is 0.161. The van der Waals surface area contributed by atoms with Crippen LogP contribution in [-0.4, -0.2) is 34.2 Å². The minimum atomic E-state index is -3.72. The summed E-state index contributed by atoms with van der Waals surface area (Å²) in [6.45, 7) is 1.38. The second-order valence-electron chi connectivity index (χ2n) is 7.76. The van der Waals surface area contributed by atoms with Crippen molar-refractivity contribution >= 4 is 44.6 Å². The van der Waals surface area contributed by atoms with Gasteiger partial charge in [-0.1, -0.05) is 23.7 Å². The van der Waals surface area contributed by atoms with Crippen LogP contribution in [0.15, 0.2) is 47.4 Å². The highest BCUT2D eigenvalue weighted by Gasteiger charge is 2.25. The van der Waals surface area contributed by atoms with E-state index in [1.807, 2.05) is 6.08 Å². The third-order valence-electron chi connectivity index (χ3n) is 5.30. The van der Waals surface area contributed by atoms with Crippen molar-refractivity contribution in [2.75, 3.05) is 30.4 Å². The third-order valence-corrected chi connectivity index (χ3v) is 7.01. The Bertz CT molecular complexity index is 1170. The van der Waals surface area contributed by atoms with E-state index in [9.17, 15) is 17.6 Å². The molecule has 2 aromatic carbocycles. The lowest BCUT2D eigenvalue weighted by Gasteiger charge is -2.19. The Kier molecular flexibility index (Phi) is 6.80. The summed E-state index contributed by atoms with van der Waals surface area (Å²) in [6.07, 6.45) is 4.59. The van der Waals surface area contributed by atoms with Gasteiger partial charge < -0.3 is 15.4 Å². The first-order valence-corrected chi connectivity index (χ1v) is 12.1. The molecule has 1 fully saturated rings. The zero-order valence-corrected chi connectivity index (χ0v) is 18.7. The van der Waals surface area contributed by atoms with E-state index in [0.717, 1.165) is 24.5 Å². The molecule has 0 spiro atoms. The van der Waals surface area contributed by atoms with E-state index in [-0.39, 0.29) is 9.92 Å². The van der Waals surface area contributed by atoms with E-state index in [4.69, 9.17) is 16.3 Å². The number of carbonyl (C=O) groups excluding carboxylic acids is 1. The molecule has 32 heavy (non-hydrogen) atoms. The van der Waals surface area contributed by atoms with Crippen LogP contribution >= 0.6 is 11.6 Å². The Labute approximate surface area is 191 Å². The van der Waals surface area contributed by atoms with E-state index in [1.54, 1.807) is 6.07 Å². The summed E-state index contributed by atoms with van der Waals surface area (Å²) in [5.74, 6) is -0.203. The Morgan fingerprint density at radius 1 is 1.16 bits per heavy atom.